The number of carbonyl (C=O) groups excluding carboxylic acids is 1. The van der Waals surface area contributed by atoms with Crippen LogP contribution in [0.2, 0.25) is 0 Å². The summed E-state index contributed by atoms with van der Waals surface area (Å²) in [6.45, 7) is 3.22. The molecule has 1 amide bonds. The number of nitrogens with zero attached hydrogens (tertiary/aromatic N) is 1. The van der Waals surface area contributed by atoms with E-state index < -0.39 is 5.82 Å². The van der Waals surface area contributed by atoms with E-state index in [0.29, 0.717) is 17.7 Å². The van der Waals surface area contributed by atoms with Crippen molar-refractivity contribution in [3.63, 3.8) is 0 Å². The van der Waals surface area contributed by atoms with Crippen molar-refractivity contribution in [3.8, 4) is 11.8 Å². The van der Waals surface area contributed by atoms with Crippen LogP contribution >= 0.6 is 0 Å². The van der Waals surface area contributed by atoms with Crippen molar-refractivity contribution in [1.82, 2.24) is 10.2 Å². The summed E-state index contributed by atoms with van der Waals surface area (Å²) in [5.74, 6) is 4.32. The number of halogens is 1. The van der Waals surface area contributed by atoms with Gasteiger partial charge >= 0.3 is 0 Å². The number of hydrogen-bond donors (Lipinski definition) is 2. The fraction of sp³-hybridized carbons (Fsp3) is 0.438. The second kappa shape index (κ2) is 7.77. The Morgan fingerprint density at radius 2 is 2.14 bits per heavy atom. The molecule has 0 atom stereocenters. The van der Waals surface area contributed by atoms with E-state index in [1.807, 2.05) is 0 Å². The van der Waals surface area contributed by atoms with E-state index in [1.54, 1.807) is 0 Å². The van der Waals surface area contributed by atoms with Gasteiger partial charge in [0.15, 0.2) is 0 Å². The molecular weight excluding hydrogens is 271 g/mol. The lowest BCUT2D eigenvalue weighted by atomic mass is 10.1. The normalized spacial score (nSPS) is 14.6. The smallest absolute Gasteiger partial charge is 0.252 e. The Bertz CT molecular complexity index is 557. The zero-order valence-electron chi connectivity index (χ0n) is 11.9. The van der Waals surface area contributed by atoms with Crippen LogP contribution in [-0.2, 0) is 0 Å². The van der Waals surface area contributed by atoms with E-state index in [2.05, 4.69) is 22.1 Å². The fourth-order valence-corrected chi connectivity index (χ4v) is 2.38. The monoisotopic (exact) mass is 290 g/mol. The van der Waals surface area contributed by atoms with Crippen molar-refractivity contribution < 1.29 is 14.3 Å². The van der Waals surface area contributed by atoms with Crippen LogP contribution in [0, 0.1) is 17.7 Å². The average Bonchev–Trinajstić information content (AvgIpc) is 2.98. The van der Waals surface area contributed by atoms with Crippen molar-refractivity contribution in [3.05, 3.63) is 35.1 Å². The van der Waals surface area contributed by atoms with Crippen molar-refractivity contribution >= 4 is 5.91 Å². The molecule has 21 heavy (non-hydrogen) atoms. The molecule has 0 saturated carbocycles. The summed E-state index contributed by atoms with van der Waals surface area (Å²) in [5, 5.41) is 11.5. The lowest BCUT2D eigenvalue weighted by molar-refractivity contribution is 0.0949. The summed E-state index contributed by atoms with van der Waals surface area (Å²) in [7, 11) is 0. The largest absolute Gasteiger partial charge is 0.384 e. The first-order valence-electron chi connectivity index (χ1n) is 7.10. The van der Waals surface area contributed by atoms with E-state index >= 15 is 0 Å². The van der Waals surface area contributed by atoms with E-state index in [9.17, 15) is 9.18 Å². The Kier molecular flexibility index (Phi) is 5.73. The molecule has 5 heteroatoms. The highest BCUT2D eigenvalue weighted by molar-refractivity contribution is 5.96. The second-order valence-corrected chi connectivity index (χ2v) is 4.95. The van der Waals surface area contributed by atoms with Gasteiger partial charge < -0.3 is 15.3 Å². The average molecular weight is 290 g/mol. The maximum Gasteiger partial charge on any atom is 0.252 e. The topological polar surface area (TPSA) is 52.6 Å². The quantitative estimate of drug-likeness (QED) is 0.813. The number of aliphatic hydroxyl groups excluding tert-OH is 1. The number of nitrogens with one attached hydrogen (secondary N) is 1. The lowest BCUT2D eigenvalue weighted by Crippen LogP contribution is -2.33. The van der Waals surface area contributed by atoms with Crippen LogP contribution in [0.4, 0.5) is 4.39 Å². The summed E-state index contributed by atoms with van der Waals surface area (Å²) in [4.78, 5) is 14.4. The van der Waals surface area contributed by atoms with Crippen LogP contribution in [0.15, 0.2) is 18.2 Å². The number of benzene rings is 1. The number of carbonyl (C=O) groups is 1. The zero-order valence-corrected chi connectivity index (χ0v) is 11.9. The van der Waals surface area contributed by atoms with Gasteiger partial charge in [-0.3, -0.25) is 4.79 Å². The molecule has 1 aliphatic heterocycles. The highest BCUT2D eigenvalue weighted by atomic mass is 19.1. The number of hydrogen-bond acceptors (Lipinski definition) is 3. The maximum absolute atomic E-state index is 13.2. The molecular formula is C16H19FN2O2. The van der Waals surface area contributed by atoms with Crippen molar-refractivity contribution in [1.29, 1.82) is 0 Å². The molecule has 0 unspecified atom stereocenters. The first-order valence-corrected chi connectivity index (χ1v) is 7.10. The number of amides is 1. The Morgan fingerprint density at radius 3 is 2.86 bits per heavy atom. The van der Waals surface area contributed by atoms with Crippen molar-refractivity contribution in [2.45, 2.75) is 12.8 Å². The Morgan fingerprint density at radius 1 is 1.38 bits per heavy atom. The molecule has 0 radical (unpaired) electrons. The number of rotatable bonds is 4. The first-order chi connectivity index (χ1) is 10.2. The van der Waals surface area contributed by atoms with E-state index in [1.165, 1.54) is 31.0 Å². The van der Waals surface area contributed by atoms with Gasteiger partial charge in [0.2, 0.25) is 0 Å². The standard InChI is InChI=1S/C16H19FN2O2/c17-14-5-6-15(13(12-14)4-3-11-20)16(21)18-7-10-19-8-1-2-9-19/h5-6,12,20H,1-2,7-11H2,(H,18,21). The molecule has 0 spiro atoms. The minimum Gasteiger partial charge on any atom is -0.384 e. The third-order valence-electron chi connectivity index (χ3n) is 3.44. The van der Waals surface area contributed by atoms with Crippen LogP contribution in [0.1, 0.15) is 28.8 Å². The molecule has 1 aliphatic rings. The second-order valence-electron chi connectivity index (χ2n) is 4.95. The van der Waals surface area contributed by atoms with E-state index in [0.717, 1.165) is 19.6 Å². The van der Waals surface area contributed by atoms with Crippen molar-refractivity contribution in [2.75, 3.05) is 32.8 Å². The van der Waals surface area contributed by atoms with Gasteiger partial charge in [-0.15, -0.1) is 0 Å². The number of likely N-dealkylation sites (tertiary alicyclic amines) is 1. The Balaban J connectivity index is 1.97. The van der Waals surface area contributed by atoms with Gasteiger partial charge in [-0.1, -0.05) is 11.8 Å². The summed E-state index contributed by atoms with van der Waals surface area (Å²) in [6.07, 6.45) is 2.43. The third kappa shape index (κ3) is 4.55. The molecule has 2 N–H and O–H groups in total. The molecule has 0 bridgehead atoms. The van der Waals surface area contributed by atoms with Gasteiger partial charge in [-0.2, -0.15) is 0 Å². The Hall–Kier alpha value is -1.90. The van der Waals surface area contributed by atoms with Crippen LogP contribution < -0.4 is 5.32 Å². The minimum atomic E-state index is -0.453. The van der Waals surface area contributed by atoms with Gasteiger partial charge in [-0.25, -0.2) is 4.39 Å². The lowest BCUT2D eigenvalue weighted by Gasteiger charge is -2.15. The van der Waals surface area contributed by atoms with Crippen LogP contribution in [-0.4, -0.2) is 48.7 Å². The molecule has 1 saturated heterocycles. The predicted octanol–water partition coefficient (Wildman–Crippen LogP) is 0.995. The molecule has 1 aromatic carbocycles. The Labute approximate surface area is 124 Å². The van der Waals surface area contributed by atoms with Crippen molar-refractivity contribution in [2.24, 2.45) is 0 Å². The molecule has 0 aliphatic carbocycles. The van der Waals surface area contributed by atoms with Gasteiger partial charge in [0.25, 0.3) is 5.91 Å². The van der Waals surface area contributed by atoms with Gasteiger partial charge in [0, 0.05) is 18.7 Å². The summed E-state index contributed by atoms with van der Waals surface area (Å²) in [5.41, 5.74) is 0.626. The SMILES string of the molecule is O=C(NCCN1CCCC1)c1ccc(F)cc1C#CCO. The van der Waals surface area contributed by atoms with E-state index in [-0.39, 0.29) is 12.5 Å². The van der Waals surface area contributed by atoms with Gasteiger partial charge in [0.05, 0.1) is 5.56 Å². The molecule has 4 nitrogen and oxygen atoms in total. The molecule has 112 valence electrons. The summed E-state index contributed by atoms with van der Waals surface area (Å²) in [6, 6.07) is 3.86. The molecule has 2 rings (SSSR count). The molecule has 0 aromatic heterocycles. The van der Waals surface area contributed by atoms with Crippen LogP contribution in [0.5, 0.6) is 0 Å². The zero-order chi connectivity index (χ0) is 15.1. The van der Waals surface area contributed by atoms with Crippen LogP contribution in [0.25, 0.3) is 0 Å². The first kappa shape index (κ1) is 15.5. The molecule has 1 fully saturated rings. The molecule has 1 heterocycles. The molecule has 1 aromatic rings. The fourth-order valence-electron chi connectivity index (χ4n) is 2.38. The van der Waals surface area contributed by atoms with Crippen LogP contribution in [0.3, 0.4) is 0 Å². The third-order valence-corrected chi connectivity index (χ3v) is 3.44. The van der Waals surface area contributed by atoms with Gasteiger partial charge in [0.1, 0.15) is 12.4 Å². The summed E-state index contributed by atoms with van der Waals surface area (Å²) >= 11 is 0. The number of aliphatic hydroxyl groups is 1. The minimum absolute atomic E-state index is 0.267. The van der Waals surface area contributed by atoms with Gasteiger partial charge in [-0.05, 0) is 44.1 Å². The summed E-state index contributed by atoms with van der Waals surface area (Å²) < 4.78 is 13.2. The van der Waals surface area contributed by atoms with E-state index in [4.69, 9.17) is 5.11 Å². The highest BCUT2D eigenvalue weighted by Gasteiger charge is 2.13. The highest BCUT2D eigenvalue weighted by Crippen LogP contribution is 2.10. The maximum atomic E-state index is 13.2. The predicted molar refractivity (Wildman–Crippen MR) is 78.4 cm³/mol.